The average Bonchev–Trinajstić information content (AvgIpc) is 2.96. The van der Waals surface area contributed by atoms with Gasteiger partial charge in [-0.05, 0) is 42.0 Å². The highest BCUT2D eigenvalue weighted by Gasteiger charge is 2.30. The van der Waals surface area contributed by atoms with Crippen LogP contribution in [-0.2, 0) is 6.18 Å². The minimum absolute atomic E-state index is 0.0423. The van der Waals surface area contributed by atoms with Gasteiger partial charge in [0.05, 0.1) is 11.8 Å². The molecule has 0 aliphatic rings. The first-order chi connectivity index (χ1) is 11.8. The van der Waals surface area contributed by atoms with Crippen molar-refractivity contribution in [3.8, 4) is 11.1 Å². The Labute approximate surface area is 145 Å². The Bertz CT molecular complexity index is 933. The molecule has 0 fully saturated rings. The van der Waals surface area contributed by atoms with E-state index < -0.39 is 17.6 Å². The maximum atomic E-state index is 12.9. The van der Waals surface area contributed by atoms with E-state index in [9.17, 15) is 18.0 Å². The Balaban J connectivity index is 1.99. The van der Waals surface area contributed by atoms with Crippen LogP contribution in [0, 0.1) is 0 Å². The SMILES string of the molecule is Nc1c(-c2cccc(C(F)(F)F)c2)cnn1C(=O)c1ccc(Cl)cc1. The van der Waals surface area contributed by atoms with Gasteiger partial charge in [0.15, 0.2) is 0 Å². The maximum Gasteiger partial charge on any atom is 0.416 e. The summed E-state index contributed by atoms with van der Waals surface area (Å²) in [5.41, 5.74) is 5.90. The molecule has 1 aromatic heterocycles. The Hall–Kier alpha value is -2.80. The van der Waals surface area contributed by atoms with E-state index in [2.05, 4.69) is 5.10 Å². The first-order valence-electron chi connectivity index (χ1n) is 7.09. The molecule has 3 aromatic rings. The van der Waals surface area contributed by atoms with Gasteiger partial charge in [-0.1, -0.05) is 23.7 Å². The number of hydrogen-bond acceptors (Lipinski definition) is 3. The van der Waals surface area contributed by atoms with Crippen molar-refractivity contribution in [2.24, 2.45) is 0 Å². The van der Waals surface area contributed by atoms with E-state index in [1.165, 1.54) is 30.5 Å². The molecular weight excluding hydrogens is 355 g/mol. The number of carbonyl (C=O) groups excluding carboxylic acids is 1. The molecule has 0 radical (unpaired) electrons. The predicted octanol–water partition coefficient (Wildman–Crippen LogP) is 4.49. The zero-order valence-electron chi connectivity index (χ0n) is 12.6. The van der Waals surface area contributed by atoms with Crippen LogP contribution in [-0.4, -0.2) is 15.7 Å². The zero-order chi connectivity index (χ0) is 18.2. The molecule has 0 atom stereocenters. The van der Waals surface area contributed by atoms with Crippen molar-refractivity contribution in [1.82, 2.24) is 9.78 Å². The number of alkyl halides is 3. The number of benzene rings is 2. The number of rotatable bonds is 2. The van der Waals surface area contributed by atoms with Gasteiger partial charge in [-0.25, -0.2) is 0 Å². The van der Waals surface area contributed by atoms with Crippen LogP contribution in [0.3, 0.4) is 0 Å². The number of halogens is 4. The second kappa shape index (κ2) is 6.25. The Morgan fingerprint density at radius 1 is 1.12 bits per heavy atom. The summed E-state index contributed by atoms with van der Waals surface area (Å²) in [4.78, 5) is 12.4. The molecule has 0 unspecified atom stereocenters. The molecule has 0 aliphatic carbocycles. The smallest absolute Gasteiger partial charge is 0.383 e. The normalized spacial score (nSPS) is 11.5. The molecule has 1 heterocycles. The number of carbonyl (C=O) groups is 1. The van der Waals surface area contributed by atoms with Gasteiger partial charge in [-0.2, -0.15) is 23.0 Å². The number of nitrogens with zero attached hydrogens (tertiary/aromatic N) is 2. The fourth-order valence-electron chi connectivity index (χ4n) is 2.32. The molecule has 0 saturated heterocycles. The van der Waals surface area contributed by atoms with Crippen molar-refractivity contribution < 1.29 is 18.0 Å². The van der Waals surface area contributed by atoms with Crippen molar-refractivity contribution >= 4 is 23.3 Å². The van der Waals surface area contributed by atoms with Crippen LogP contribution in [0.25, 0.3) is 11.1 Å². The van der Waals surface area contributed by atoms with Gasteiger partial charge in [0.1, 0.15) is 5.82 Å². The number of anilines is 1. The molecule has 3 rings (SSSR count). The van der Waals surface area contributed by atoms with Gasteiger partial charge in [0.25, 0.3) is 5.91 Å². The molecule has 2 N–H and O–H groups in total. The van der Waals surface area contributed by atoms with Gasteiger partial charge in [0.2, 0.25) is 0 Å². The number of hydrogen-bond donors (Lipinski definition) is 1. The lowest BCUT2D eigenvalue weighted by atomic mass is 10.1. The molecule has 128 valence electrons. The van der Waals surface area contributed by atoms with Crippen molar-refractivity contribution in [3.05, 3.63) is 70.9 Å². The topological polar surface area (TPSA) is 60.9 Å². The van der Waals surface area contributed by atoms with Gasteiger partial charge in [-0.15, -0.1) is 0 Å². The highest BCUT2D eigenvalue weighted by molar-refractivity contribution is 6.30. The van der Waals surface area contributed by atoms with Gasteiger partial charge in [-0.3, -0.25) is 4.79 Å². The minimum Gasteiger partial charge on any atom is -0.383 e. The molecule has 0 spiro atoms. The number of aromatic nitrogens is 2. The summed E-state index contributed by atoms with van der Waals surface area (Å²) in [6.45, 7) is 0. The van der Waals surface area contributed by atoms with Gasteiger partial charge < -0.3 is 5.73 Å². The Morgan fingerprint density at radius 3 is 2.44 bits per heavy atom. The van der Waals surface area contributed by atoms with E-state index in [0.717, 1.165) is 16.8 Å². The van der Waals surface area contributed by atoms with Crippen LogP contribution >= 0.6 is 11.6 Å². The zero-order valence-corrected chi connectivity index (χ0v) is 13.3. The minimum atomic E-state index is -4.47. The molecule has 0 amide bonds. The molecule has 0 saturated carbocycles. The molecular formula is C17H11ClF3N3O. The molecule has 2 aromatic carbocycles. The Morgan fingerprint density at radius 2 is 1.80 bits per heavy atom. The highest BCUT2D eigenvalue weighted by atomic mass is 35.5. The van der Waals surface area contributed by atoms with Crippen LogP contribution in [0.1, 0.15) is 15.9 Å². The summed E-state index contributed by atoms with van der Waals surface area (Å²) >= 11 is 5.78. The first-order valence-corrected chi connectivity index (χ1v) is 7.46. The quantitative estimate of drug-likeness (QED) is 0.727. The first kappa shape index (κ1) is 17.0. The maximum absolute atomic E-state index is 12.9. The van der Waals surface area contributed by atoms with E-state index in [1.807, 2.05) is 0 Å². The van der Waals surface area contributed by atoms with Crippen LogP contribution in [0.4, 0.5) is 19.0 Å². The molecule has 25 heavy (non-hydrogen) atoms. The van der Waals surface area contributed by atoms with Gasteiger partial charge >= 0.3 is 6.18 Å². The highest BCUT2D eigenvalue weighted by Crippen LogP contribution is 2.33. The third kappa shape index (κ3) is 3.36. The average molecular weight is 366 g/mol. The molecule has 4 nitrogen and oxygen atoms in total. The molecule has 8 heteroatoms. The summed E-state index contributed by atoms with van der Waals surface area (Å²) in [7, 11) is 0. The van der Waals surface area contributed by atoms with E-state index in [0.29, 0.717) is 10.6 Å². The number of nitrogen functional groups attached to an aromatic ring is 1. The second-order valence-electron chi connectivity index (χ2n) is 5.25. The largest absolute Gasteiger partial charge is 0.416 e. The predicted molar refractivity (Wildman–Crippen MR) is 88.3 cm³/mol. The van der Waals surface area contributed by atoms with Crippen molar-refractivity contribution in [2.45, 2.75) is 6.18 Å². The fourth-order valence-corrected chi connectivity index (χ4v) is 2.45. The van der Waals surface area contributed by atoms with Crippen LogP contribution in [0.15, 0.2) is 54.7 Å². The lowest BCUT2D eigenvalue weighted by molar-refractivity contribution is -0.137. The number of nitrogens with two attached hydrogens (primary N) is 1. The van der Waals surface area contributed by atoms with E-state index in [-0.39, 0.29) is 16.9 Å². The van der Waals surface area contributed by atoms with Crippen molar-refractivity contribution in [3.63, 3.8) is 0 Å². The third-order valence-electron chi connectivity index (χ3n) is 3.59. The van der Waals surface area contributed by atoms with Crippen molar-refractivity contribution in [1.29, 1.82) is 0 Å². The van der Waals surface area contributed by atoms with Crippen LogP contribution < -0.4 is 5.73 Å². The van der Waals surface area contributed by atoms with E-state index in [1.54, 1.807) is 12.1 Å². The monoisotopic (exact) mass is 365 g/mol. The van der Waals surface area contributed by atoms with E-state index in [4.69, 9.17) is 17.3 Å². The Kier molecular flexibility index (Phi) is 4.26. The van der Waals surface area contributed by atoms with E-state index >= 15 is 0 Å². The fraction of sp³-hybridized carbons (Fsp3) is 0.0588. The lowest BCUT2D eigenvalue weighted by Crippen LogP contribution is -2.16. The standard InChI is InChI=1S/C17H11ClF3N3O/c18-13-6-4-10(5-7-13)16(25)24-15(22)14(9-23-24)11-2-1-3-12(8-11)17(19,20)21/h1-9H,22H2. The summed E-state index contributed by atoms with van der Waals surface area (Å²) in [5.74, 6) is -0.549. The van der Waals surface area contributed by atoms with Gasteiger partial charge in [0, 0.05) is 16.1 Å². The molecule has 0 bridgehead atoms. The van der Waals surface area contributed by atoms with Crippen LogP contribution in [0.5, 0.6) is 0 Å². The third-order valence-corrected chi connectivity index (χ3v) is 3.84. The summed E-state index contributed by atoms with van der Waals surface area (Å²) in [6.07, 6.45) is -3.21. The molecule has 0 aliphatic heterocycles. The van der Waals surface area contributed by atoms with Crippen LogP contribution in [0.2, 0.25) is 5.02 Å². The summed E-state index contributed by atoms with van der Waals surface area (Å²) in [6, 6.07) is 10.8. The summed E-state index contributed by atoms with van der Waals surface area (Å²) < 4.78 is 39.5. The lowest BCUT2D eigenvalue weighted by Gasteiger charge is -2.09. The summed E-state index contributed by atoms with van der Waals surface area (Å²) in [5, 5.41) is 4.38. The second-order valence-corrected chi connectivity index (χ2v) is 5.68. The van der Waals surface area contributed by atoms with Crippen molar-refractivity contribution in [2.75, 3.05) is 5.73 Å².